The number of rotatable bonds is 4. The second-order valence-electron chi connectivity index (χ2n) is 6.15. The second kappa shape index (κ2) is 7.49. The summed E-state index contributed by atoms with van der Waals surface area (Å²) in [6.07, 6.45) is 4.72. The van der Waals surface area contributed by atoms with Crippen molar-refractivity contribution in [3.05, 3.63) is 30.0 Å². The number of hydrogen-bond acceptors (Lipinski definition) is 4. The smallest absolute Gasteiger partial charge is 0.356 e. The number of methoxy groups -OCH3 is 1. The average Bonchev–Trinajstić information content (AvgIpc) is 2.76. The van der Waals surface area contributed by atoms with E-state index in [-0.39, 0.29) is 11.6 Å². The molecule has 0 atom stereocenters. The topological polar surface area (TPSA) is 74.4 Å². The standard InChI is InChI=1S/C18H23N3O3/c1-24-18(23)17-16(13-8-4-5-9-14(13)19-17)20-15(22)12-21-10-6-2-3-7-11-21/h4-5,8-9,19H,2-3,6-7,10-12H2,1H3,(H,20,22). The van der Waals surface area contributed by atoms with Gasteiger partial charge < -0.3 is 15.0 Å². The van der Waals surface area contributed by atoms with E-state index in [1.807, 2.05) is 24.3 Å². The highest BCUT2D eigenvalue weighted by atomic mass is 16.5. The van der Waals surface area contributed by atoms with Crippen LogP contribution in [-0.4, -0.2) is 48.5 Å². The number of aromatic nitrogens is 1. The minimum absolute atomic E-state index is 0.105. The number of esters is 1. The summed E-state index contributed by atoms with van der Waals surface area (Å²) in [5.41, 5.74) is 1.57. The number of H-pyrrole nitrogens is 1. The minimum atomic E-state index is -0.490. The van der Waals surface area contributed by atoms with Crippen molar-refractivity contribution in [3.8, 4) is 0 Å². The van der Waals surface area contributed by atoms with Gasteiger partial charge in [-0.2, -0.15) is 0 Å². The van der Waals surface area contributed by atoms with E-state index in [0.717, 1.165) is 36.8 Å². The van der Waals surface area contributed by atoms with Crippen molar-refractivity contribution < 1.29 is 14.3 Å². The van der Waals surface area contributed by atoms with Crippen molar-refractivity contribution in [2.45, 2.75) is 25.7 Å². The van der Waals surface area contributed by atoms with Crippen LogP contribution in [0.5, 0.6) is 0 Å². The number of anilines is 1. The molecule has 1 aliphatic rings. The number of amides is 1. The maximum Gasteiger partial charge on any atom is 0.356 e. The molecule has 2 N–H and O–H groups in total. The number of likely N-dealkylation sites (tertiary alicyclic amines) is 1. The van der Waals surface area contributed by atoms with Crippen LogP contribution in [0.15, 0.2) is 24.3 Å². The minimum Gasteiger partial charge on any atom is -0.464 e. The molecule has 0 bridgehead atoms. The van der Waals surface area contributed by atoms with Crippen LogP contribution in [0.25, 0.3) is 10.9 Å². The summed E-state index contributed by atoms with van der Waals surface area (Å²) >= 11 is 0. The van der Waals surface area contributed by atoms with Crippen LogP contribution in [0.4, 0.5) is 5.69 Å². The largest absolute Gasteiger partial charge is 0.464 e. The third-order valence-corrected chi connectivity index (χ3v) is 4.43. The fraction of sp³-hybridized carbons (Fsp3) is 0.444. The molecule has 2 aromatic rings. The molecule has 24 heavy (non-hydrogen) atoms. The highest BCUT2D eigenvalue weighted by Gasteiger charge is 2.21. The Morgan fingerprint density at radius 2 is 1.88 bits per heavy atom. The fourth-order valence-electron chi connectivity index (χ4n) is 3.20. The molecule has 1 amide bonds. The molecule has 0 spiro atoms. The lowest BCUT2D eigenvalue weighted by molar-refractivity contribution is -0.117. The second-order valence-corrected chi connectivity index (χ2v) is 6.15. The van der Waals surface area contributed by atoms with Crippen LogP contribution in [0.3, 0.4) is 0 Å². The third-order valence-electron chi connectivity index (χ3n) is 4.43. The van der Waals surface area contributed by atoms with Gasteiger partial charge in [-0.3, -0.25) is 9.69 Å². The molecular formula is C18H23N3O3. The molecule has 6 nitrogen and oxygen atoms in total. The maximum atomic E-state index is 12.5. The van der Waals surface area contributed by atoms with Crippen LogP contribution in [0, 0.1) is 0 Å². The Balaban J connectivity index is 1.80. The van der Waals surface area contributed by atoms with Crippen LogP contribution in [-0.2, 0) is 9.53 Å². The Kier molecular flexibility index (Phi) is 5.15. The molecule has 1 saturated heterocycles. The quantitative estimate of drug-likeness (QED) is 0.846. The van der Waals surface area contributed by atoms with Crippen molar-refractivity contribution >= 4 is 28.5 Å². The molecule has 0 radical (unpaired) electrons. The van der Waals surface area contributed by atoms with Crippen molar-refractivity contribution in [2.24, 2.45) is 0 Å². The molecule has 1 aromatic heterocycles. The van der Waals surface area contributed by atoms with Crippen LogP contribution < -0.4 is 5.32 Å². The molecule has 0 aliphatic carbocycles. The monoisotopic (exact) mass is 329 g/mol. The highest BCUT2D eigenvalue weighted by Crippen LogP contribution is 2.28. The number of nitrogens with one attached hydrogen (secondary N) is 2. The Labute approximate surface area is 141 Å². The summed E-state index contributed by atoms with van der Waals surface area (Å²) in [6, 6.07) is 7.50. The zero-order chi connectivity index (χ0) is 16.9. The Bertz CT molecular complexity index is 730. The number of para-hydroxylation sites is 1. The third kappa shape index (κ3) is 3.59. The number of carbonyl (C=O) groups is 2. The lowest BCUT2D eigenvalue weighted by Gasteiger charge is -2.19. The van der Waals surface area contributed by atoms with Gasteiger partial charge in [0.25, 0.3) is 0 Å². The first-order chi connectivity index (χ1) is 11.7. The van der Waals surface area contributed by atoms with Gasteiger partial charge in [0, 0.05) is 10.9 Å². The van der Waals surface area contributed by atoms with Gasteiger partial charge in [0.2, 0.25) is 5.91 Å². The summed E-state index contributed by atoms with van der Waals surface area (Å²) in [7, 11) is 1.33. The number of ether oxygens (including phenoxy) is 1. The van der Waals surface area contributed by atoms with E-state index >= 15 is 0 Å². The molecule has 1 aromatic carbocycles. The number of benzene rings is 1. The molecule has 0 saturated carbocycles. The van der Waals surface area contributed by atoms with Crippen LogP contribution in [0.2, 0.25) is 0 Å². The first-order valence-corrected chi connectivity index (χ1v) is 8.40. The summed E-state index contributed by atoms with van der Waals surface area (Å²) in [6.45, 7) is 2.25. The zero-order valence-corrected chi connectivity index (χ0v) is 13.9. The van der Waals surface area contributed by atoms with Crippen LogP contribution >= 0.6 is 0 Å². The van der Waals surface area contributed by atoms with E-state index in [4.69, 9.17) is 4.74 Å². The normalized spacial score (nSPS) is 15.9. The predicted molar refractivity (Wildman–Crippen MR) is 93.2 cm³/mol. The van der Waals surface area contributed by atoms with Gasteiger partial charge in [-0.25, -0.2) is 4.79 Å². The van der Waals surface area contributed by atoms with E-state index in [1.54, 1.807) is 0 Å². The maximum absolute atomic E-state index is 12.5. The summed E-state index contributed by atoms with van der Waals surface area (Å²) in [5, 5.41) is 3.71. The van der Waals surface area contributed by atoms with E-state index in [2.05, 4.69) is 15.2 Å². The van der Waals surface area contributed by atoms with Crippen molar-refractivity contribution in [1.29, 1.82) is 0 Å². The highest BCUT2D eigenvalue weighted by molar-refractivity contribution is 6.11. The molecule has 128 valence electrons. The Morgan fingerprint density at radius 3 is 2.58 bits per heavy atom. The predicted octanol–water partition coefficient (Wildman–Crippen LogP) is 2.77. The van der Waals surface area contributed by atoms with E-state index in [1.165, 1.54) is 20.0 Å². The van der Waals surface area contributed by atoms with Crippen LogP contribution in [0.1, 0.15) is 36.2 Å². The van der Waals surface area contributed by atoms with Gasteiger partial charge in [0.15, 0.2) is 0 Å². The first kappa shape index (κ1) is 16.5. The van der Waals surface area contributed by atoms with Crippen molar-refractivity contribution in [1.82, 2.24) is 9.88 Å². The molecule has 6 heteroatoms. The number of hydrogen-bond donors (Lipinski definition) is 2. The number of nitrogens with zero attached hydrogens (tertiary/aromatic N) is 1. The SMILES string of the molecule is COC(=O)c1[nH]c2ccccc2c1NC(=O)CN1CCCCCC1. The summed E-state index contributed by atoms with van der Waals surface area (Å²) in [4.78, 5) is 29.7. The first-order valence-electron chi connectivity index (χ1n) is 8.40. The molecule has 3 rings (SSSR count). The van der Waals surface area contributed by atoms with Gasteiger partial charge in [-0.1, -0.05) is 31.0 Å². The van der Waals surface area contributed by atoms with Crippen molar-refractivity contribution in [3.63, 3.8) is 0 Å². The van der Waals surface area contributed by atoms with Gasteiger partial charge in [-0.15, -0.1) is 0 Å². The Morgan fingerprint density at radius 1 is 1.17 bits per heavy atom. The average molecular weight is 329 g/mol. The van der Waals surface area contributed by atoms with E-state index in [9.17, 15) is 9.59 Å². The fourth-order valence-corrected chi connectivity index (χ4v) is 3.20. The molecule has 0 unspecified atom stereocenters. The zero-order valence-electron chi connectivity index (χ0n) is 13.9. The Hall–Kier alpha value is -2.34. The lowest BCUT2D eigenvalue weighted by Crippen LogP contribution is -2.34. The molecular weight excluding hydrogens is 306 g/mol. The number of carbonyl (C=O) groups excluding carboxylic acids is 2. The summed E-state index contributed by atoms with van der Waals surface area (Å²) < 4.78 is 4.82. The van der Waals surface area contributed by atoms with E-state index < -0.39 is 5.97 Å². The summed E-state index contributed by atoms with van der Waals surface area (Å²) in [5.74, 6) is -0.594. The van der Waals surface area contributed by atoms with E-state index in [0.29, 0.717) is 12.2 Å². The number of fused-ring (bicyclic) bond motifs is 1. The molecule has 1 fully saturated rings. The van der Waals surface area contributed by atoms with Crippen molar-refractivity contribution in [2.75, 3.05) is 32.1 Å². The molecule has 1 aliphatic heterocycles. The van der Waals surface area contributed by atoms with Gasteiger partial charge in [0.1, 0.15) is 5.69 Å². The number of aromatic amines is 1. The lowest BCUT2D eigenvalue weighted by atomic mass is 10.2. The molecule has 2 heterocycles. The van der Waals surface area contributed by atoms with Gasteiger partial charge >= 0.3 is 5.97 Å². The van der Waals surface area contributed by atoms with Gasteiger partial charge in [0.05, 0.1) is 19.3 Å². The van der Waals surface area contributed by atoms with Gasteiger partial charge in [-0.05, 0) is 32.0 Å².